The molecule has 0 aromatic rings. The van der Waals surface area contributed by atoms with Crippen molar-refractivity contribution in [3.05, 3.63) is 0 Å². The van der Waals surface area contributed by atoms with E-state index in [1.54, 1.807) is 0 Å². The molecule has 3 heteroatoms. The topological polar surface area (TPSA) is 41.6 Å². The highest BCUT2D eigenvalue weighted by atomic mass is 16.6. The minimum atomic E-state index is -0.484. The zero-order valence-electron chi connectivity index (χ0n) is 8.89. The molecular weight excluding hydrogens is 166 g/mol. The summed E-state index contributed by atoms with van der Waals surface area (Å²) < 4.78 is 5.13. The van der Waals surface area contributed by atoms with Crippen LogP contribution in [-0.4, -0.2) is 31.1 Å². The van der Waals surface area contributed by atoms with Gasteiger partial charge in [-0.3, -0.25) is 4.79 Å². The first-order valence-corrected chi connectivity index (χ1v) is 4.85. The summed E-state index contributed by atoms with van der Waals surface area (Å²) in [6.45, 7) is 6.68. The van der Waals surface area contributed by atoms with Gasteiger partial charge in [0.2, 0.25) is 0 Å². The van der Waals surface area contributed by atoms with Crippen molar-refractivity contribution >= 4 is 5.78 Å². The standard InChI is InChI=1S/C10H19NO2/c1-7(2)5-8(11-4)9(12)10(3)6-13-10/h7-8,11H,5-6H2,1-4H3. The van der Waals surface area contributed by atoms with Crippen LogP contribution in [0.4, 0.5) is 0 Å². The number of carbonyl (C=O) groups is 1. The molecule has 0 aromatic carbocycles. The fourth-order valence-corrected chi connectivity index (χ4v) is 1.45. The zero-order chi connectivity index (χ0) is 10.1. The molecule has 1 aliphatic rings. The van der Waals surface area contributed by atoms with Crippen LogP contribution in [-0.2, 0) is 9.53 Å². The van der Waals surface area contributed by atoms with Crippen LogP contribution in [0, 0.1) is 5.92 Å². The van der Waals surface area contributed by atoms with Crippen LogP contribution in [0.25, 0.3) is 0 Å². The van der Waals surface area contributed by atoms with Crippen LogP contribution in [0.15, 0.2) is 0 Å². The smallest absolute Gasteiger partial charge is 0.183 e. The average Bonchev–Trinajstić information content (AvgIpc) is 2.79. The second kappa shape index (κ2) is 3.76. The van der Waals surface area contributed by atoms with Gasteiger partial charge in [-0.05, 0) is 26.3 Å². The third-order valence-electron chi connectivity index (χ3n) is 2.47. The molecule has 1 heterocycles. The van der Waals surface area contributed by atoms with Gasteiger partial charge in [0.25, 0.3) is 0 Å². The van der Waals surface area contributed by atoms with Crippen LogP contribution in [0.5, 0.6) is 0 Å². The molecule has 13 heavy (non-hydrogen) atoms. The minimum absolute atomic E-state index is 0.0486. The average molecular weight is 185 g/mol. The molecule has 0 spiro atoms. The Kier molecular flexibility index (Phi) is 3.09. The second-order valence-electron chi connectivity index (χ2n) is 4.35. The summed E-state index contributed by atoms with van der Waals surface area (Å²) in [5.41, 5.74) is -0.484. The maximum absolute atomic E-state index is 11.8. The van der Waals surface area contributed by atoms with Crippen molar-refractivity contribution < 1.29 is 9.53 Å². The van der Waals surface area contributed by atoms with Crippen LogP contribution in [0.1, 0.15) is 27.2 Å². The summed E-state index contributed by atoms with van der Waals surface area (Å²) in [6, 6.07) is -0.0486. The number of ether oxygens (including phenoxy) is 1. The Labute approximate surface area is 79.8 Å². The van der Waals surface area contributed by atoms with Gasteiger partial charge in [0.05, 0.1) is 12.6 Å². The van der Waals surface area contributed by atoms with Gasteiger partial charge in [-0.2, -0.15) is 0 Å². The lowest BCUT2D eigenvalue weighted by molar-refractivity contribution is -0.125. The van der Waals surface area contributed by atoms with E-state index >= 15 is 0 Å². The number of nitrogens with one attached hydrogen (secondary N) is 1. The molecule has 0 bridgehead atoms. The van der Waals surface area contributed by atoms with E-state index in [1.165, 1.54) is 0 Å². The number of likely N-dealkylation sites (N-methyl/N-ethyl adjacent to an activating group) is 1. The largest absolute Gasteiger partial charge is 0.362 e. The normalized spacial score (nSPS) is 29.0. The van der Waals surface area contributed by atoms with Crippen LogP contribution >= 0.6 is 0 Å². The van der Waals surface area contributed by atoms with E-state index in [4.69, 9.17) is 4.74 Å². The quantitative estimate of drug-likeness (QED) is 0.649. The predicted octanol–water partition coefficient (Wildman–Crippen LogP) is 0.978. The first kappa shape index (κ1) is 10.7. The van der Waals surface area contributed by atoms with Crippen LogP contribution in [0.2, 0.25) is 0 Å². The van der Waals surface area contributed by atoms with Crippen LogP contribution in [0.3, 0.4) is 0 Å². The SMILES string of the molecule is CNC(CC(C)C)C(=O)C1(C)CO1. The molecule has 76 valence electrons. The highest BCUT2D eigenvalue weighted by molar-refractivity contribution is 5.93. The minimum Gasteiger partial charge on any atom is -0.362 e. The van der Waals surface area contributed by atoms with Gasteiger partial charge in [0.1, 0.15) is 5.60 Å². The highest BCUT2D eigenvalue weighted by Crippen LogP contribution is 2.29. The maximum Gasteiger partial charge on any atom is 0.183 e. The number of hydrogen-bond donors (Lipinski definition) is 1. The van der Waals surface area contributed by atoms with Crippen molar-refractivity contribution in [3.8, 4) is 0 Å². The Morgan fingerprint density at radius 3 is 2.46 bits per heavy atom. The molecule has 2 atom stereocenters. The lowest BCUT2D eigenvalue weighted by Crippen LogP contribution is -2.42. The maximum atomic E-state index is 11.8. The Balaban J connectivity index is 2.51. The van der Waals surface area contributed by atoms with Crippen LogP contribution < -0.4 is 5.32 Å². The molecular formula is C10H19NO2. The number of epoxide rings is 1. The molecule has 0 amide bonds. The lowest BCUT2D eigenvalue weighted by Gasteiger charge is -2.18. The monoisotopic (exact) mass is 185 g/mol. The molecule has 1 fully saturated rings. The molecule has 1 aliphatic heterocycles. The fourth-order valence-electron chi connectivity index (χ4n) is 1.45. The Bertz CT molecular complexity index is 197. The van der Waals surface area contributed by atoms with E-state index in [2.05, 4.69) is 19.2 Å². The molecule has 0 saturated carbocycles. The van der Waals surface area contributed by atoms with Gasteiger partial charge in [0.15, 0.2) is 5.78 Å². The van der Waals surface area contributed by atoms with Gasteiger partial charge < -0.3 is 10.1 Å². The lowest BCUT2D eigenvalue weighted by atomic mass is 9.94. The van der Waals surface area contributed by atoms with Gasteiger partial charge in [-0.1, -0.05) is 13.8 Å². The predicted molar refractivity (Wildman–Crippen MR) is 51.7 cm³/mol. The molecule has 0 aromatic heterocycles. The van der Waals surface area contributed by atoms with E-state index in [0.29, 0.717) is 12.5 Å². The molecule has 1 N–H and O–H groups in total. The summed E-state index contributed by atoms with van der Waals surface area (Å²) in [6.07, 6.45) is 0.883. The molecule has 0 radical (unpaired) electrons. The van der Waals surface area contributed by atoms with Gasteiger partial charge in [-0.15, -0.1) is 0 Å². The van der Waals surface area contributed by atoms with Crippen molar-refractivity contribution in [2.24, 2.45) is 5.92 Å². The molecule has 3 nitrogen and oxygen atoms in total. The second-order valence-corrected chi connectivity index (χ2v) is 4.35. The van der Waals surface area contributed by atoms with Gasteiger partial charge in [-0.25, -0.2) is 0 Å². The van der Waals surface area contributed by atoms with Crippen molar-refractivity contribution in [2.75, 3.05) is 13.7 Å². The first-order chi connectivity index (χ1) is 5.99. The summed E-state index contributed by atoms with van der Waals surface area (Å²) >= 11 is 0. The van der Waals surface area contributed by atoms with E-state index in [0.717, 1.165) is 6.42 Å². The molecule has 2 unspecified atom stereocenters. The molecule has 1 rings (SSSR count). The van der Waals surface area contributed by atoms with Crippen molar-refractivity contribution in [3.63, 3.8) is 0 Å². The summed E-state index contributed by atoms with van der Waals surface area (Å²) in [4.78, 5) is 11.8. The zero-order valence-corrected chi connectivity index (χ0v) is 8.89. The summed E-state index contributed by atoms with van der Waals surface area (Å²) in [5.74, 6) is 0.729. The van der Waals surface area contributed by atoms with Crippen molar-refractivity contribution in [1.29, 1.82) is 0 Å². The number of hydrogen-bond acceptors (Lipinski definition) is 3. The number of ketones is 1. The summed E-state index contributed by atoms with van der Waals surface area (Å²) in [7, 11) is 1.83. The third-order valence-corrected chi connectivity index (χ3v) is 2.47. The number of Topliss-reactive ketones (excluding diaryl/α,β-unsaturated/α-hetero) is 1. The van der Waals surface area contributed by atoms with E-state index in [-0.39, 0.29) is 11.8 Å². The number of rotatable bonds is 5. The van der Waals surface area contributed by atoms with E-state index < -0.39 is 5.60 Å². The van der Waals surface area contributed by atoms with E-state index in [9.17, 15) is 4.79 Å². The Morgan fingerprint density at radius 1 is 1.62 bits per heavy atom. The molecule has 1 saturated heterocycles. The Morgan fingerprint density at radius 2 is 2.15 bits per heavy atom. The van der Waals surface area contributed by atoms with Gasteiger partial charge in [0, 0.05) is 0 Å². The Hall–Kier alpha value is -0.410. The highest BCUT2D eigenvalue weighted by Gasteiger charge is 2.49. The molecule has 0 aliphatic carbocycles. The third kappa shape index (κ3) is 2.51. The number of carbonyl (C=O) groups excluding carboxylic acids is 1. The first-order valence-electron chi connectivity index (χ1n) is 4.85. The van der Waals surface area contributed by atoms with Gasteiger partial charge >= 0.3 is 0 Å². The van der Waals surface area contributed by atoms with Crippen molar-refractivity contribution in [2.45, 2.75) is 38.8 Å². The van der Waals surface area contributed by atoms with E-state index in [1.807, 2.05) is 14.0 Å². The van der Waals surface area contributed by atoms with Crippen molar-refractivity contribution in [1.82, 2.24) is 5.32 Å². The fraction of sp³-hybridized carbons (Fsp3) is 0.900. The summed E-state index contributed by atoms with van der Waals surface area (Å²) in [5, 5.41) is 3.05.